The van der Waals surface area contributed by atoms with Gasteiger partial charge in [-0.3, -0.25) is 0 Å². The van der Waals surface area contributed by atoms with Crippen LogP contribution in [0.5, 0.6) is 5.75 Å². The van der Waals surface area contributed by atoms with Crippen LogP contribution in [0.4, 0.5) is 19.1 Å². The Morgan fingerprint density at radius 2 is 1.65 bits per heavy atom. The molecule has 0 amide bonds. The molecule has 0 aliphatic rings. The van der Waals surface area contributed by atoms with Crippen LogP contribution < -0.4 is 10.1 Å². The highest BCUT2D eigenvalue weighted by Gasteiger charge is 2.33. The third-order valence-electron chi connectivity index (χ3n) is 3.70. The number of benzene rings is 2. The van der Waals surface area contributed by atoms with Gasteiger partial charge in [-0.2, -0.15) is 13.2 Å². The van der Waals surface area contributed by atoms with Gasteiger partial charge in [0.1, 0.15) is 5.75 Å². The van der Waals surface area contributed by atoms with E-state index < -0.39 is 11.9 Å². The van der Waals surface area contributed by atoms with Gasteiger partial charge in [-0.05, 0) is 23.8 Å². The van der Waals surface area contributed by atoms with Crippen molar-refractivity contribution in [2.24, 2.45) is 0 Å². The second-order valence-electron chi connectivity index (χ2n) is 5.53. The summed E-state index contributed by atoms with van der Waals surface area (Å²) in [5, 5.41) is 2.86. The van der Waals surface area contributed by atoms with Crippen molar-refractivity contribution in [2.75, 3.05) is 12.4 Å². The van der Waals surface area contributed by atoms with Gasteiger partial charge >= 0.3 is 6.18 Å². The van der Waals surface area contributed by atoms with Gasteiger partial charge in [0.25, 0.3) is 0 Å². The van der Waals surface area contributed by atoms with Gasteiger partial charge in [0, 0.05) is 12.1 Å². The summed E-state index contributed by atoms with van der Waals surface area (Å²) in [5.74, 6) is 0.630. The van der Waals surface area contributed by atoms with Crippen molar-refractivity contribution in [2.45, 2.75) is 12.7 Å². The van der Waals surface area contributed by atoms with E-state index in [1.807, 2.05) is 12.1 Å². The molecular weight excluding hydrogens is 343 g/mol. The summed E-state index contributed by atoms with van der Waals surface area (Å²) in [6, 6.07) is 16.8. The van der Waals surface area contributed by atoms with Crippen LogP contribution in [0.3, 0.4) is 0 Å². The predicted octanol–water partition coefficient (Wildman–Crippen LogP) is 4.78. The molecule has 3 rings (SSSR count). The Balaban J connectivity index is 1.87. The molecule has 0 saturated carbocycles. The summed E-state index contributed by atoms with van der Waals surface area (Å²) in [7, 11) is 1.56. The molecule has 4 nitrogen and oxygen atoms in total. The molecule has 0 bridgehead atoms. The van der Waals surface area contributed by atoms with Crippen molar-refractivity contribution in [3.8, 4) is 17.0 Å². The summed E-state index contributed by atoms with van der Waals surface area (Å²) in [4.78, 5) is 7.83. The van der Waals surface area contributed by atoms with Crippen molar-refractivity contribution >= 4 is 5.95 Å². The van der Waals surface area contributed by atoms with Crippen LogP contribution in [-0.4, -0.2) is 17.1 Å². The molecule has 0 atom stereocenters. The van der Waals surface area contributed by atoms with Gasteiger partial charge in [-0.1, -0.05) is 42.5 Å². The Labute approximate surface area is 148 Å². The third kappa shape index (κ3) is 4.30. The number of methoxy groups -OCH3 is 1. The minimum atomic E-state index is -4.55. The Morgan fingerprint density at radius 1 is 0.962 bits per heavy atom. The predicted molar refractivity (Wildman–Crippen MR) is 92.8 cm³/mol. The van der Waals surface area contributed by atoms with Crippen LogP contribution in [0.25, 0.3) is 11.3 Å². The second kappa shape index (κ2) is 7.43. The topological polar surface area (TPSA) is 47.0 Å². The maximum Gasteiger partial charge on any atom is 0.433 e. The van der Waals surface area contributed by atoms with Gasteiger partial charge in [-0.25, -0.2) is 9.97 Å². The normalized spacial score (nSPS) is 11.2. The number of ether oxygens (including phenoxy) is 1. The molecule has 134 valence electrons. The maximum atomic E-state index is 13.2. The molecule has 26 heavy (non-hydrogen) atoms. The SMILES string of the molecule is COc1ccc(CNc2nc(-c3ccccc3)cc(C(F)(F)F)n2)cc1. The number of halogens is 3. The lowest BCUT2D eigenvalue weighted by molar-refractivity contribution is -0.141. The van der Waals surface area contributed by atoms with Gasteiger partial charge in [0.05, 0.1) is 12.8 Å². The Hall–Kier alpha value is -3.09. The van der Waals surface area contributed by atoms with Crippen LogP contribution in [-0.2, 0) is 12.7 Å². The number of hydrogen-bond donors (Lipinski definition) is 1. The highest BCUT2D eigenvalue weighted by atomic mass is 19.4. The lowest BCUT2D eigenvalue weighted by Crippen LogP contribution is -2.12. The fourth-order valence-electron chi connectivity index (χ4n) is 2.35. The van der Waals surface area contributed by atoms with Crippen molar-refractivity contribution in [3.05, 3.63) is 71.9 Å². The summed E-state index contributed by atoms with van der Waals surface area (Å²) < 4.78 is 44.6. The zero-order valence-corrected chi connectivity index (χ0v) is 13.9. The van der Waals surface area contributed by atoms with Gasteiger partial charge < -0.3 is 10.1 Å². The first-order chi connectivity index (χ1) is 12.5. The molecule has 7 heteroatoms. The monoisotopic (exact) mass is 359 g/mol. The molecule has 1 aromatic heterocycles. The Morgan fingerprint density at radius 3 is 2.27 bits per heavy atom. The first-order valence-electron chi connectivity index (χ1n) is 7.84. The van der Waals surface area contributed by atoms with Crippen LogP contribution >= 0.6 is 0 Å². The van der Waals surface area contributed by atoms with Gasteiger partial charge in [-0.15, -0.1) is 0 Å². The molecule has 0 radical (unpaired) electrons. The lowest BCUT2D eigenvalue weighted by Gasteiger charge is -2.12. The number of alkyl halides is 3. The van der Waals surface area contributed by atoms with Crippen LogP contribution in [0.1, 0.15) is 11.3 Å². The van der Waals surface area contributed by atoms with Crippen molar-refractivity contribution in [3.63, 3.8) is 0 Å². The minimum Gasteiger partial charge on any atom is -0.497 e. The molecule has 3 aromatic rings. The largest absolute Gasteiger partial charge is 0.497 e. The molecule has 0 aliphatic heterocycles. The summed E-state index contributed by atoms with van der Waals surface area (Å²) >= 11 is 0. The first-order valence-corrected chi connectivity index (χ1v) is 7.84. The number of rotatable bonds is 5. The number of nitrogens with zero attached hydrogens (tertiary/aromatic N) is 2. The zero-order chi connectivity index (χ0) is 18.6. The van der Waals surface area contributed by atoms with Crippen molar-refractivity contribution in [1.82, 2.24) is 9.97 Å². The van der Waals surface area contributed by atoms with E-state index in [0.29, 0.717) is 17.9 Å². The standard InChI is InChI=1S/C19H16F3N3O/c1-26-15-9-7-13(8-10-15)12-23-18-24-16(14-5-3-2-4-6-14)11-17(25-18)19(20,21)22/h2-11H,12H2,1H3,(H,23,24,25). The maximum absolute atomic E-state index is 13.2. The van der Waals surface area contributed by atoms with E-state index in [0.717, 1.165) is 11.6 Å². The Bertz CT molecular complexity index is 865. The molecule has 0 fully saturated rings. The van der Waals surface area contributed by atoms with Crippen LogP contribution in [0, 0.1) is 0 Å². The molecule has 0 unspecified atom stereocenters. The number of anilines is 1. The van der Waals surface area contributed by atoms with E-state index in [4.69, 9.17) is 4.74 Å². The highest BCUT2D eigenvalue weighted by Crippen LogP contribution is 2.31. The molecule has 0 aliphatic carbocycles. The quantitative estimate of drug-likeness (QED) is 0.712. The van der Waals surface area contributed by atoms with Crippen molar-refractivity contribution < 1.29 is 17.9 Å². The molecule has 1 heterocycles. The van der Waals surface area contributed by atoms with E-state index in [2.05, 4.69) is 15.3 Å². The summed E-state index contributed by atoms with van der Waals surface area (Å²) in [6.07, 6.45) is -4.55. The minimum absolute atomic E-state index is 0.0745. The van der Waals surface area contributed by atoms with E-state index in [1.54, 1.807) is 49.6 Å². The Kier molecular flexibility index (Phi) is 5.06. The van der Waals surface area contributed by atoms with E-state index in [-0.39, 0.29) is 11.6 Å². The van der Waals surface area contributed by atoms with E-state index in [9.17, 15) is 13.2 Å². The lowest BCUT2D eigenvalue weighted by atomic mass is 10.1. The average Bonchev–Trinajstić information content (AvgIpc) is 2.66. The zero-order valence-electron chi connectivity index (χ0n) is 13.9. The first kappa shape index (κ1) is 17.7. The molecular formula is C19H16F3N3O. The van der Waals surface area contributed by atoms with E-state index in [1.165, 1.54) is 0 Å². The summed E-state index contributed by atoms with van der Waals surface area (Å²) in [5.41, 5.74) is 0.690. The number of hydrogen-bond acceptors (Lipinski definition) is 4. The molecule has 2 aromatic carbocycles. The summed E-state index contributed by atoms with van der Waals surface area (Å²) in [6.45, 7) is 0.291. The van der Waals surface area contributed by atoms with Gasteiger partial charge in [0.2, 0.25) is 5.95 Å². The van der Waals surface area contributed by atoms with Crippen LogP contribution in [0.15, 0.2) is 60.7 Å². The fraction of sp³-hybridized carbons (Fsp3) is 0.158. The fourth-order valence-corrected chi connectivity index (χ4v) is 2.35. The third-order valence-corrected chi connectivity index (χ3v) is 3.70. The van der Waals surface area contributed by atoms with Gasteiger partial charge in [0.15, 0.2) is 5.69 Å². The van der Waals surface area contributed by atoms with Crippen LogP contribution in [0.2, 0.25) is 0 Å². The number of aromatic nitrogens is 2. The van der Waals surface area contributed by atoms with Crippen molar-refractivity contribution in [1.29, 1.82) is 0 Å². The smallest absolute Gasteiger partial charge is 0.433 e. The highest BCUT2D eigenvalue weighted by molar-refractivity contribution is 5.60. The molecule has 1 N–H and O–H groups in total. The molecule has 0 saturated heterocycles. The number of nitrogens with one attached hydrogen (secondary N) is 1. The average molecular weight is 359 g/mol. The molecule has 0 spiro atoms. The second-order valence-corrected chi connectivity index (χ2v) is 5.53. The van der Waals surface area contributed by atoms with E-state index >= 15 is 0 Å².